The Morgan fingerprint density at radius 1 is 0.727 bits per heavy atom. The maximum Gasteiger partial charge on any atom is 0.231 e. The van der Waals surface area contributed by atoms with Gasteiger partial charge in [0.05, 0.1) is 12.2 Å². The molecule has 6 aromatic carbocycles. The van der Waals surface area contributed by atoms with Gasteiger partial charge in [-0.05, 0) is 83.8 Å². The van der Waals surface area contributed by atoms with Crippen molar-refractivity contribution in [2.45, 2.75) is 63.4 Å². The molecule has 4 aliphatic rings. The van der Waals surface area contributed by atoms with E-state index in [4.69, 9.17) is 18.9 Å². The van der Waals surface area contributed by atoms with Gasteiger partial charge in [-0.1, -0.05) is 117 Å². The van der Waals surface area contributed by atoms with Gasteiger partial charge in [0.1, 0.15) is 11.4 Å². The van der Waals surface area contributed by atoms with Crippen molar-refractivity contribution in [2.24, 2.45) is 0 Å². The summed E-state index contributed by atoms with van der Waals surface area (Å²) in [5, 5.41) is 15.4. The zero-order valence-corrected chi connectivity index (χ0v) is 31.5. The molecule has 0 spiro atoms. The van der Waals surface area contributed by atoms with E-state index in [1.165, 1.54) is 0 Å². The fourth-order valence-electron chi connectivity index (χ4n) is 9.55. The Labute approximate surface area is 322 Å². The number of anilines is 1. The van der Waals surface area contributed by atoms with Crippen molar-refractivity contribution in [1.82, 2.24) is 0 Å². The van der Waals surface area contributed by atoms with Gasteiger partial charge in [0.15, 0.2) is 17.1 Å². The second-order valence-corrected chi connectivity index (χ2v) is 15.5. The van der Waals surface area contributed by atoms with Gasteiger partial charge in [0.25, 0.3) is 0 Å². The molecule has 6 nitrogen and oxygen atoms in total. The third kappa shape index (κ3) is 5.30. The summed E-state index contributed by atoms with van der Waals surface area (Å²) >= 11 is 0. The quantitative estimate of drug-likeness (QED) is 0.184. The summed E-state index contributed by atoms with van der Waals surface area (Å²) < 4.78 is 25.8. The van der Waals surface area contributed by atoms with E-state index >= 15 is 0 Å². The zero-order valence-electron chi connectivity index (χ0n) is 31.5. The maximum absolute atomic E-state index is 13.6. The lowest BCUT2D eigenvalue weighted by molar-refractivity contribution is -0.00522. The van der Waals surface area contributed by atoms with Crippen LogP contribution in [0.1, 0.15) is 67.9 Å². The molecule has 4 unspecified atom stereocenters. The minimum absolute atomic E-state index is 0.153. The molecular formula is C49H45NO5. The number of hydrogen-bond acceptors (Lipinski definition) is 6. The first-order chi connectivity index (χ1) is 26.9. The van der Waals surface area contributed by atoms with Crippen LogP contribution in [0.25, 0.3) is 39.1 Å². The molecule has 3 heterocycles. The van der Waals surface area contributed by atoms with Crippen LogP contribution in [0.4, 0.5) is 5.69 Å². The number of fused-ring (bicyclic) bond motifs is 11. The maximum atomic E-state index is 13.6. The summed E-state index contributed by atoms with van der Waals surface area (Å²) in [5.74, 6) is 2.09. The highest BCUT2D eigenvalue weighted by molar-refractivity contribution is 6.10. The molecular weight excluding hydrogens is 683 g/mol. The number of benzene rings is 6. The van der Waals surface area contributed by atoms with Gasteiger partial charge < -0.3 is 29.0 Å². The van der Waals surface area contributed by atoms with Gasteiger partial charge in [-0.3, -0.25) is 0 Å². The SMILES string of the molecule is CCCCC1(O)c2ccccc2-c2ccccc2-c2c1c1c(c3cc4c(cc23)OCO4)OC(c2ccccc2)(c2ccc(N3CC(C)OC(C)C3)cc2)C=C1. The number of aliphatic hydroxyl groups is 1. The number of morpholine rings is 1. The lowest BCUT2D eigenvalue weighted by atomic mass is 9.74. The highest BCUT2D eigenvalue weighted by Crippen LogP contribution is 2.59. The van der Waals surface area contributed by atoms with E-state index in [1.807, 2.05) is 12.1 Å². The van der Waals surface area contributed by atoms with E-state index in [9.17, 15) is 5.11 Å². The van der Waals surface area contributed by atoms with Crippen LogP contribution in [0.2, 0.25) is 0 Å². The standard InChI is InChI=1S/C49H45NO5/c1-4-5-24-48(51)42-18-12-11-16-37(42)36-15-9-10-17-38(36)45-40-26-43-44(53-30-52-43)27-41(40)47-39(46(45)48)23-25-49(55-47,33-13-7-6-8-14-33)34-19-21-35(22-20-34)50-28-31(2)54-32(3)29-50/h6-23,25-27,31-32,51H,4-5,24,28-30H2,1-3H3. The molecule has 10 rings (SSSR count). The molecule has 0 saturated carbocycles. The number of rotatable bonds is 6. The fraction of sp³-hybridized carbons (Fsp3) is 0.265. The van der Waals surface area contributed by atoms with Crippen molar-refractivity contribution < 1.29 is 24.1 Å². The first-order valence-electron chi connectivity index (χ1n) is 19.7. The van der Waals surface area contributed by atoms with Crippen LogP contribution in [-0.2, 0) is 15.9 Å². The molecule has 1 saturated heterocycles. The minimum atomic E-state index is -1.32. The molecule has 276 valence electrons. The van der Waals surface area contributed by atoms with Crippen LogP contribution in [0.15, 0.2) is 121 Å². The Balaban J connectivity index is 1.25. The van der Waals surface area contributed by atoms with Crippen LogP contribution in [-0.4, -0.2) is 37.2 Å². The predicted octanol–water partition coefficient (Wildman–Crippen LogP) is 10.6. The normalized spacial score (nSPS) is 23.3. The molecule has 6 aromatic rings. The number of nitrogens with zero attached hydrogens (tertiary/aromatic N) is 1. The molecule has 0 aromatic heterocycles. The van der Waals surface area contributed by atoms with Gasteiger partial charge in [0.2, 0.25) is 6.79 Å². The van der Waals surface area contributed by atoms with Crippen molar-refractivity contribution in [2.75, 3.05) is 24.8 Å². The Hall–Kier alpha value is -5.56. The molecule has 1 N–H and O–H groups in total. The molecule has 3 aliphatic heterocycles. The first-order valence-corrected chi connectivity index (χ1v) is 19.7. The van der Waals surface area contributed by atoms with E-state index in [0.717, 1.165) is 92.5 Å². The molecule has 1 fully saturated rings. The summed E-state index contributed by atoms with van der Waals surface area (Å²) in [6, 6.07) is 40.3. The third-order valence-electron chi connectivity index (χ3n) is 12.0. The molecule has 1 aliphatic carbocycles. The summed E-state index contributed by atoms with van der Waals surface area (Å²) in [5.41, 5.74) is 7.77. The highest BCUT2D eigenvalue weighted by atomic mass is 16.7. The summed E-state index contributed by atoms with van der Waals surface area (Å²) in [6.45, 7) is 8.30. The zero-order chi connectivity index (χ0) is 37.3. The molecule has 0 amide bonds. The van der Waals surface area contributed by atoms with E-state index in [-0.39, 0.29) is 19.0 Å². The molecule has 0 bridgehead atoms. The Kier molecular flexibility index (Phi) is 8.05. The Morgan fingerprint density at radius 3 is 2.09 bits per heavy atom. The van der Waals surface area contributed by atoms with Gasteiger partial charge in [0, 0.05) is 46.4 Å². The van der Waals surface area contributed by atoms with Crippen molar-refractivity contribution in [3.8, 4) is 39.5 Å². The van der Waals surface area contributed by atoms with Gasteiger partial charge in [-0.15, -0.1) is 0 Å². The average Bonchev–Trinajstić information content (AvgIpc) is 3.66. The Bertz CT molecular complexity index is 2460. The van der Waals surface area contributed by atoms with Crippen molar-refractivity contribution in [3.05, 3.63) is 149 Å². The predicted molar refractivity (Wildman–Crippen MR) is 219 cm³/mol. The summed E-state index contributed by atoms with van der Waals surface area (Å²) in [4.78, 5) is 2.41. The van der Waals surface area contributed by atoms with Gasteiger partial charge in [-0.25, -0.2) is 0 Å². The summed E-state index contributed by atoms with van der Waals surface area (Å²) in [7, 11) is 0. The highest BCUT2D eigenvalue weighted by Gasteiger charge is 2.46. The third-order valence-corrected chi connectivity index (χ3v) is 12.0. The topological polar surface area (TPSA) is 60.4 Å². The lowest BCUT2D eigenvalue weighted by Gasteiger charge is -2.40. The fourth-order valence-corrected chi connectivity index (χ4v) is 9.55. The van der Waals surface area contributed by atoms with E-state index in [0.29, 0.717) is 23.7 Å². The largest absolute Gasteiger partial charge is 0.472 e. The number of hydrogen-bond donors (Lipinski definition) is 1. The van der Waals surface area contributed by atoms with Gasteiger partial charge >= 0.3 is 0 Å². The van der Waals surface area contributed by atoms with Crippen LogP contribution in [0.5, 0.6) is 17.2 Å². The average molecular weight is 728 g/mol. The molecule has 6 heteroatoms. The van der Waals surface area contributed by atoms with Crippen molar-refractivity contribution in [1.29, 1.82) is 0 Å². The number of unbranched alkanes of at least 4 members (excludes halogenated alkanes) is 1. The van der Waals surface area contributed by atoms with Crippen LogP contribution < -0.4 is 19.1 Å². The molecule has 55 heavy (non-hydrogen) atoms. The second kappa shape index (κ2) is 13.0. The van der Waals surface area contributed by atoms with E-state index < -0.39 is 11.2 Å². The molecule has 4 atom stereocenters. The monoisotopic (exact) mass is 727 g/mol. The van der Waals surface area contributed by atoms with Gasteiger partial charge in [-0.2, -0.15) is 0 Å². The van der Waals surface area contributed by atoms with Crippen molar-refractivity contribution in [3.63, 3.8) is 0 Å². The van der Waals surface area contributed by atoms with Crippen LogP contribution in [0.3, 0.4) is 0 Å². The van der Waals surface area contributed by atoms with E-state index in [1.54, 1.807) is 0 Å². The van der Waals surface area contributed by atoms with Crippen molar-refractivity contribution >= 4 is 22.5 Å². The number of ether oxygens (including phenoxy) is 4. The smallest absolute Gasteiger partial charge is 0.231 e. The molecule has 0 radical (unpaired) electrons. The summed E-state index contributed by atoms with van der Waals surface area (Å²) in [6.07, 6.45) is 7.08. The van der Waals surface area contributed by atoms with Crippen LogP contribution in [0, 0.1) is 0 Å². The first kappa shape index (κ1) is 34.0. The Morgan fingerprint density at radius 2 is 1.36 bits per heavy atom. The van der Waals surface area contributed by atoms with Crippen LogP contribution >= 0.6 is 0 Å². The lowest BCUT2D eigenvalue weighted by Crippen LogP contribution is -2.45. The minimum Gasteiger partial charge on any atom is -0.472 e. The second-order valence-electron chi connectivity index (χ2n) is 15.5. The van der Waals surface area contributed by atoms with E-state index in [2.05, 4.69) is 141 Å².